The van der Waals surface area contributed by atoms with Crippen LogP contribution in [0.5, 0.6) is 5.75 Å². The van der Waals surface area contributed by atoms with Crippen LogP contribution in [0.15, 0.2) is 30.6 Å². The Morgan fingerprint density at radius 1 is 1.50 bits per heavy atom. The van der Waals surface area contributed by atoms with Crippen molar-refractivity contribution in [2.24, 2.45) is 5.73 Å². The van der Waals surface area contributed by atoms with Gasteiger partial charge < -0.3 is 10.5 Å². The van der Waals surface area contributed by atoms with Gasteiger partial charge in [-0.15, -0.1) is 0 Å². The molecule has 0 saturated carbocycles. The summed E-state index contributed by atoms with van der Waals surface area (Å²) in [6, 6.07) is 4.55. The van der Waals surface area contributed by atoms with Crippen molar-refractivity contribution in [3.63, 3.8) is 0 Å². The van der Waals surface area contributed by atoms with Crippen molar-refractivity contribution in [3.8, 4) is 5.75 Å². The molecule has 2 aromatic rings. The number of nitrogens with zero attached hydrogens (tertiary/aromatic N) is 3. The third-order valence-electron chi connectivity index (χ3n) is 2.92. The van der Waals surface area contributed by atoms with Crippen LogP contribution in [0.2, 0.25) is 0 Å². The molecule has 0 aliphatic rings. The first-order valence-electron chi connectivity index (χ1n) is 6.10. The molecule has 7 heteroatoms. The Kier molecular flexibility index (Phi) is 3.99. The highest BCUT2D eigenvalue weighted by Crippen LogP contribution is 2.23. The number of rotatable bonds is 5. The van der Waals surface area contributed by atoms with Crippen molar-refractivity contribution in [2.75, 3.05) is 7.11 Å². The lowest BCUT2D eigenvalue weighted by Gasteiger charge is -2.06. The second kappa shape index (κ2) is 5.70. The Labute approximate surface area is 116 Å². The SMILES string of the molecule is COc1cc(Cn2cc(C(C)N)cn2)cc([N+](=O)[O-])c1. The number of aromatic nitrogens is 2. The fourth-order valence-corrected chi connectivity index (χ4v) is 1.85. The molecule has 0 fully saturated rings. The van der Waals surface area contributed by atoms with E-state index in [1.165, 1.54) is 19.2 Å². The number of nitro benzene ring substituents is 1. The third kappa shape index (κ3) is 3.12. The first-order valence-corrected chi connectivity index (χ1v) is 6.10. The van der Waals surface area contributed by atoms with E-state index in [-0.39, 0.29) is 11.7 Å². The zero-order valence-corrected chi connectivity index (χ0v) is 11.3. The second-order valence-electron chi connectivity index (χ2n) is 4.56. The van der Waals surface area contributed by atoms with Gasteiger partial charge in [-0.1, -0.05) is 0 Å². The van der Waals surface area contributed by atoms with Crippen molar-refractivity contribution in [3.05, 3.63) is 51.8 Å². The zero-order valence-electron chi connectivity index (χ0n) is 11.3. The summed E-state index contributed by atoms with van der Waals surface area (Å²) in [6.45, 7) is 2.29. The Hall–Kier alpha value is -2.41. The number of hydrogen-bond acceptors (Lipinski definition) is 5. The van der Waals surface area contributed by atoms with E-state index in [1.54, 1.807) is 16.9 Å². The van der Waals surface area contributed by atoms with Gasteiger partial charge in [0.1, 0.15) is 5.75 Å². The molecule has 1 unspecified atom stereocenters. The molecule has 1 aromatic carbocycles. The van der Waals surface area contributed by atoms with Gasteiger partial charge in [0.05, 0.1) is 30.8 Å². The molecule has 0 aliphatic carbocycles. The topological polar surface area (TPSA) is 96.2 Å². The van der Waals surface area contributed by atoms with Crippen molar-refractivity contribution >= 4 is 5.69 Å². The van der Waals surface area contributed by atoms with Crippen LogP contribution >= 0.6 is 0 Å². The Morgan fingerprint density at radius 2 is 2.25 bits per heavy atom. The van der Waals surface area contributed by atoms with Crippen LogP contribution in [0, 0.1) is 10.1 Å². The van der Waals surface area contributed by atoms with Gasteiger partial charge in [0.2, 0.25) is 0 Å². The molecule has 1 aromatic heterocycles. The number of nitrogens with two attached hydrogens (primary N) is 1. The highest BCUT2D eigenvalue weighted by molar-refractivity contribution is 5.42. The van der Waals surface area contributed by atoms with Crippen LogP contribution in [-0.4, -0.2) is 21.8 Å². The molecule has 0 bridgehead atoms. The number of nitro groups is 1. The van der Waals surface area contributed by atoms with Gasteiger partial charge in [0.25, 0.3) is 5.69 Å². The van der Waals surface area contributed by atoms with E-state index in [4.69, 9.17) is 10.5 Å². The van der Waals surface area contributed by atoms with Crippen molar-refractivity contribution in [1.29, 1.82) is 0 Å². The lowest BCUT2D eigenvalue weighted by Crippen LogP contribution is -2.04. The Balaban J connectivity index is 2.27. The molecule has 2 rings (SSSR count). The smallest absolute Gasteiger partial charge is 0.273 e. The molecule has 106 valence electrons. The molecule has 0 spiro atoms. The third-order valence-corrected chi connectivity index (χ3v) is 2.92. The van der Waals surface area contributed by atoms with Crippen LogP contribution in [0.1, 0.15) is 24.1 Å². The average Bonchev–Trinajstić information content (AvgIpc) is 2.87. The fraction of sp³-hybridized carbons (Fsp3) is 0.308. The lowest BCUT2D eigenvalue weighted by atomic mass is 10.2. The minimum absolute atomic E-state index is 0.000998. The van der Waals surface area contributed by atoms with E-state index < -0.39 is 4.92 Å². The van der Waals surface area contributed by atoms with E-state index in [0.717, 1.165) is 11.1 Å². The Morgan fingerprint density at radius 3 is 2.80 bits per heavy atom. The maximum Gasteiger partial charge on any atom is 0.273 e. The molecular formula is C13H16N4O3. The highest BCUT2D eigenvalue weighted by atomic mass is 16.6. The standard InChI is InChI=1S/C13H16N4O3/c1-9(14)11-6-15-16(8-11)7-10-3-12(17(18)19)5-13(4-10)20-2/h3-6,8-9H,7,14H2,1-2H3. The summed E-state index contributed by atoms with van der Waals surface area (Å²) in [5.74, 6) is 0.453. The molecule has 0 aliphatic heterocycles. The molecular weight excluding hydrogens is 260 g/mol. The van der Waals surface area contributed by atoms with Gasteiger partial charge >= 0.3 is 0 Å². The summed E-state index contributed by atoms with van der Waals surface area (Å²) in [4.78, 5) is 10.4. The second-order valence-corrected chi connectivity index (χ2v) is 4.56. The van der Waals surface area contributed by atoms with Gasteiger partial charge in [-0.05, 0) is 18.6 Å². The predicted octanol–water partition coefficient (Wildman–Crippen LogP) is 1.87. The molecule has 0 saturated heterocycles. The molecule has 0 radical (unpaired) electrons. The van der Waals surface area contributed by atoms with E-state index >= 15 is 0 Å². The van der Waals surface area contributed by atoms with E-state index in [2.05, 4.69) is 5.10 Å². The first-order chi connectivity index (χ1) is 9.49. The summed E-state index contributed by atoms with van der Waals surface area (Å²) in [6.07, 6.45) is 3.52. The van der Waals surface area contributed by atoms with Crippen molar-refractivity contribution in [2.45, 2.75) is 19.5 Å². The summed E-state index contributed by atoms with van der Waals surface area (Å²) < 4.78 is 6.76. The quantitative estimate of drug-likeness (QED) is 0.664. The van der Waals surface area contributed by atoms with Crippen LogP contribution < -0.4 is 10.5 Å². The van der Waals surface area contributed by atoms with E-state index in [9.17, 15) is 10.1 Å². The van der Waals surface area contributed by atoms with Gasteiger partial charge in [-0.2, -0.15) is 5.10 Å². The molecule has 1 heterocycles. The molecule has 7 nitrogen and oxygen atoms in total. The molecule has 1 atom stereocenters. The number of ether oxygens (including phenoxy) is 1. The highest BCUT2D eigenvalue weighted by Gasteiger charge is 2.11. The minimum atomic E-state index is -0.442. The van der Waals surface area contributed by atoms with Crippen LogP contribution in [0.3, 0.4) is 0 Å². The monoisotopic (exact) mass is 276 g/mol. The average molecular weight is 276 g/mol. The van der Waals surface area contributed by atoms with Crippen molar-refractivity contribution in [1.82, 2.24) is 9.78 Å². The normalized spacial score (nSPS) is 12.2. The number of non-ortho nitro benzene ring substituents is 1. The van der Waals surface area contributed by atoms with E-state index in [0.29, 0.717) is 12.3 Å². The summed E-state index contributed by atoms with van der Waals surface area (Å²) in [7, 11) is 1.48. The van der Waals surface area contributed by atoms with Gasteiger partial charge in [-0.25, -0.2) is 0 Å². The first kappa shape index (κ1) is 14.0. The minimum Gasteiger partial charge on any atom is -0.496 e. The van der Waals surface area contributed by atoms with Gasteiger partial charge in [-0.3, -0.25) is 14.8 Å². The zero-order chi connectivity index (χ0) is 14.7. The predicted molar refractivity (Wildman–Crippen MR) is 73.6 cm³/mol. The fourth-order valence-electron chi connectivity index (χ4n) is 1.85. The largest absolute Gasteiger partial charge is 0.496 e. The maximum absolute atomic E-state index is 10.9. The van der Waals surface area contributed by atoms with Gasteiger partial charge in [0.15, 0.2) is 0 Å². The maximum atomic E-state index is 10.9. The van der Waals surface area contributed by atoms with Gasteiger partial charge in [0, 0.05) is 23.9 Å². The number of benzene rings is 1. The van der Waals surface area contributed by atoms with Crippen LogP contribution in [-0.2, 0) is 6.54 Å². The summed E-state index contributed by atoms with van der Waals surface area (Å²) in [5.41, 5.74) is 7.43. The van der Waals surface area contributed by atoms with Crippen LogP contribution in [0.25, 0.3) is 0 Å². The number of hydrogen-bond donors (Lipinski definition) is 1. The molecule has 20 heavy (non-hydrogen) atoms. The van der Waals surface area contributed by atoms with Crippen LogP contribution in [0.4, 0.5) is 5.69 Å². The number of methoxy groups -OCH3 is 1. The summed E-state index contributed by atoms with van der Waals surface area (Å²) in [5, 5.41) is 15.1. The van der Waals surface area contributed by atoms with Crippen molar-refractivity contribution < 1.29 is 9.66 Å². The molecule has 2 N–H and O–H groups in total. The molecule has 0 amide bonds. The van der Waals surface area contributed by atoms with E-state index in [1.807, 2.05) is 13.1 Å². The summed E-state index contributed by atoms with van der Waals surface area (Å²) >= 11 is 0. The lowest BCUT2D eigenvalue weighted by molar-refractivity contribution is -0.385. The Bertz CT molecular complexity index is 622.